The molecule has 2 heteroatoms. The molecule has 1 aliphatic carbocycles. The van der Waals surface area contributed by atoms with Crippen molar-refractivity contribution in [3.05, 3.63) is 70.8 Å². The Balaban J connectivity index is 1.53. The van der Waals surface area contributed by atoms with Crippen LogP contribution in [0.4, 0.5) is 0 Å². The molecule has 0 amide bonds. The second-order valence-electron chi connectivity index (χ2n) is 7.64. The van der Waals surface area contributed by atoms with E-state index in [4.69, 9.17) is 11.6 Å². The van der Waals surface area contributed by atoms with E-state index >= 15 is 0 Å². The van der Waals surface area contributed by atoms with Crippen molar-refractivity contribution in [2.24, 2.45) is 0 Å². The Kier molecular flexibility index (Phi) is 6.91. The topological polar surface area (TPSA) is 17.1 Å². The lowest BCUT2D eigenvalue weighted by Crippen LogP contribution is -2.12. The normalized spacial score (nSPS) is 20.1. The van der Waals surface area contributed by atoms with Crippen molar-refractivity contribution in [1.82, 2.24) is 0 Å². The molecular weight excluding hydrogens is 340 g/mol. The van der Waals surface area contributed by atoms with E-state index in [9.17, 15) is 4.79 Å². The van der Waals surface area contributed by atoms with Crippen LogP contribution in [0.5, 0.6) is 0 Å². The number of unbranched alkanes of at least 4 members (excludes halogenated alkanes) is 2. The molecule has 2 aromatic rings. The van der Waals surface area contributed by atoms with Crippen LogP contribution < -0.4 is 0 Å². The molecule has 2 aromatic carbocycles. The number of benzene rings is 2. The molecule has 0 N–H and O–H groups in total. The van der Waals surface area contributed by atoms with Crippen LogP contribution in [0.3, 0.4) is 0 Å². The summed E-state index contributed by atoms with van der Waals surface area (Å²) in [4.78, 5) is 11.2. The Hall–Kier alpha value is -1.60. The highest BCUT2D eigenvalue weighted by Gasteiger charge is 2.23. The first-order valence-electron chi connectivity index (χ1n) is 10.1. The van der Waals surface area contributed by atoms with Crippen molar-refractivity contribution in [2.45, 2.75) is 70.1 Å². The standard InChI is InChI=1S/C24H29ClO/c1-2-3-4-5-18-6-8-19(9-7-18)20-10-12-21(13-11-20)22-14-16-23(17-15-22)24(25)26/h6-9,14-17,20-21H,2-5,10-13H2,1H3/t20-,21-. The average Bonchev–Trinajstić information content (AvgIpc) is 2.69. The van der Waals surface area contributed by atoms with Gasteiger partial charge >= 0.3 is 0 Å². The van der Waals surface area contributed by atoms with Gasteiger partial charge in [0.1, 0.15) is 0 Å². The van der Waals surface area contributed by atoms with Crippen LogP contribution in [-0.2, 0) is 6.42 Å². The molecule has 1 saturated carbocycles. The van der Waals surface area contributed by atoms with Crippen LogP contribution in [-0.4, -0.2) is 5.24 Å². The fraction of sp³-hybridized carbons (Fsp3) is 0.458. The fourth-order valence-corrected chi connectivity index (χ4v) is 4.31. The van der Waals surface area contributed by atoms with Gasteiger partial charge in [-0.25, -0.2) is 0 Å². The van der Waals surface area contributed by atoms with E-state index < -0.39 is 0 Å². The molecule has 0 saturated heterocycles. The number of hydrogen-bond donors (Lipinski definition) is 0. The molecule has 1 aliphatic rings. The Labute approximate surface area is 162 Å². The maximum atomic E-state index is 11.2. The molecule has 26 heavy (non-hydrogen) atoms. The SMILES string of the molecule is CCCCCc1ccc([C@H]2CC[C@H](c3ccc(C(=O)Cl)cc3)CC2)cc1. The number of halogens is 1. The highest BCUT2D eigenvalue weighted by molar-refractivity contribution is 6.67. The van der Waals surface area contributed by atoms with Crippen molar-refractivity contribution < 1.29 is 4.79 Å². The number of hydrogen-bond acceptors (Lipinski definition) is 1. The summed E-state index contributed by atoms with van der Waals surface area (Å²) in [7, 11) is 0. The smallest absolute Gasteiger partial charge is 0.252 e. The number of carbonyl (C=O) groups excluding carboxylic acids is 1. The predicted octanol–water partition coefficient (Wildman–Crippen LogP) is 7.24. The largest absolute Gasteiger partial charge is 0.276 e. The predicted molar refractivity (Wildman–Crippen MR) is 110 cm³/mol. The highest BCUT2D eigenvalue weighted by atomic mass is 35.5. The molecule has 138 valence electrons. The van der Waals surface area contributed by atoms with E-state index in [1.54, 1.807) is 0 Å². The summed E-state index contributed by atoms with van der Waals surface area (Å²) in [5, 5.41) is -0.376. The van der Waals surface area contributed by atoms with Crippen LogP contribution in [0.25, 0.3) is 0 Å². The van der Waals surface area contributed by atoms with Crippen LogP contribution in [0.15, 0.2) is 48.5 Å². The molecule has 0 aromatic heterocycles. The minimum atomic E-state index is -0.376. The van der Waals surface area contributed by atoms with Gasteiger partial charge in [-0.15, -0.1) is 0 Å². The van der Waals surface area contributed by atoms with Crippen molar-refractivity contribution in [2.75, 3.05) is 0 Å². The van der Waals surface area contributed by atoms with Gasteiger partial charge in [0.15, 0.2) is 0 Å². The fourth-order valence-electron chi connectivity index (χ4n) is 4.18. The zero-order valence-corrected chi connectivity index (χ0v) is 16.5. The summed E-state index contributed by atoms with van der Waals surface area (Å²) < 4.78 is 0. The highest BCUT2D eigenvalue weighted by Crippen LogP contribution is 2.40. The molecule has 0 radical (unpaired) electrons. The monoisotopic (exact) mass is 368 g/mol. The van der Waals surface area contributed by atoms with Gasteiger partial charge < -0.3 is 0 Å². The Morgan fingerprint density at radius 2 is 1.35 bits per heavy atom. The maximum absolute atomic E-state index is 11.2. The first-order valence-corrected chi connectivity index (χ1v) is 10.4. The summed E-state index contributed by atoms with van der Waals surface area (Å²) in [5.74, 6) is 1.30. The minimum absolute atomic E-state index is 0.376. The Morgan fingerprint density at radius 1 is 0.846 bits per heavy atom. The molecule has 0 atom stereocenters. The van der Waals surface area contributed by atoms with E-state index in [1.807, 2.05) is 12.1 Å². The third kappa shape index (κ3) is 4.98. The Bertz CT molecular complexity index is 694. The van der Waals surface area contributed by atoms with Crippen LogP contribution in [0.1, 0.15) is 90.8 Å². The van der Waals surface area contributed by atoms with Gasteiger partial charge in [-0.2, -0.15) is 0 Å². The first-order chi connectivity index (χ1) is 12.7. The minimum Gasteiger partial charge on any atom is -0.276 e. The second kappa shape index (κ2) is 9.37. The number of rotatable bonds is 7. The maximum Gasteiger partial charge on any atom is 0.252 e. The summed E-state index contributed by atoms with van der Waals surface area (Å²) in [6.07, 6.45) is 10.1. The summed E-state index contributed by atoms with van der Waals surface area (Å²) in [5.41, 5.74) is 4.91. The van der Waals surface area contributed by atoms with E-state index in [2.05, 4.69) is 43.3 Å². The lowest BCUT2D eigenvalue weighted by atomic mass is 9.76. The lowest BCUT2D eigenvalue weighted by molar-refractivity contribution is 0.108. The molecule has 3 rings (SSSR count). The number of carbonyl (C=O) groups is 1. The van der Waals surface area contributed by atoms with Crippen molar-refractivity contribution in [1.29, 1.82) is 0 Å². The van der Waals surface area contributed by atoms with Gasteiger partial charge in [0.05, 0.1) is 0 Å². The summed E-state index contributed by atoms with van der Waals surface area (Å²) in [6.45, 7) is 2.26. The summed E-state index contributed by atoms with van der Waals surface area (Å²) in [6, 6.07) is 17.2. The lowest BCUT2D eigenvalue weighted by Gasteiger charge is -2.29. The van der Waals surface area contributed by atoms with Gasteiger partial charge in [-0.1, -0.05) is 56.2 Å². The summed E-state index contributed by atoms with van der Waals surface area (Å²) >= 11 is 5.54. The van der Waals surface area contributed by atoms with Gasteiger partial charge in [0.25, 0.3) is 5.24 Å². The van der Waals surface area contributed by atoms with E-state index in [0.29, 0.717) is 17.4 Å². The quantitative estimate of drug-likeness (QED) is 0.371. The van der Waals surface area contributed by atoms with E-state index in [-0.39, 0.29) is 5.24 Å². The second-order valence-corrected chi connectivity index (χ2v) is 7.99. The third-order valence-electron chi connectivity index (χ3n) is 5.86. The molecule has 0 aliphatic heterocycles. The van der Waals surface area contributed by atoms with Gasteiger partial charge in [0.2, 0.25) is 0 Å². The Morgan fingerprint density at radius 3 is 1.81 bits per heavy atom. The van der Waals surface area contributed by atoms with E-state index in [0.717, 1.165) is 0 Å². The molecule has 0 heterocycles. The molecule has 0 spiro atoms. The third-order valence-corrected chi connectivity index (χ3v) is 6.07. The van der Waals surface area contributed by atoms with Gasteiger partial charge in [-0.3, -0.25) is 4.79 Å². The van der Waals surface area contributed by atoms with Crippen molar-refractivity contribution in [3.63, 3.8) is 0 Å². The number of aryl methyl sites for hydroxylation is 1. The van der Waals surface area contributed by atoms with Gasteiger partial charge in [-0.05, 0) is 90.8 Å². The van der Waals surface area contributed by atoms with Gasteiger partial charge in [0, 0.05) is 5.56 Å². The molecule has 0 unspecified atom stereocenters. The first kappa shape index (κ1) is 19.2. The average molecular weight is 369 g/mol. The molecule has 1 fully saturated rings. The van der Waals surface area contributed by atoms with E-state index in [1.165, 1.54) is 68.1 Å². The zero-order chi connectivity index (χ0) is 18.4. The van der Waals surface area contributed by atoms with Crippen molar-refractivity contribution in [3.8, 4) is 0 Å². The molecular formula is C24H29ClO. The molecule has 0 bridgehead atoms. The van der Waals surface area contributed by atoms with Crippen LogP contribution in [0, 0.1) is 0 Å². The molecule has 1 nitrogen and oxygen atoms in total. The zero-order valence-electron chi connectivity index (χ0n) is 15.7. The van der Waals surface area contributed by atoms with Crippen LogP contribution in [0.2, 0.25) is 0 Å². The van der Waals surface area contributed by atoms with Crippen molar-refractivity contribution >= 4 is 16.8 Å². The van der Waals surface area contributed by atoms with Crippen LogP contribution >= 0.6 is 11.6 Å².